The number of carboxylic acids is 1. The Bertz CT molecular complexity index is 418. The first kappa shape index (κ1) is 10.8. The molecule has 0 amide bonds. The van der Waals surface area contributed by atoms with Crippen molar-refractivity contribution in [3.8, 4) is 0 Å². The van der Waals surface area contributed by atoms with Gasteiger partial charge in [-0.25, -0.2) is 0 Å². The molecule has 90 valence electrons. The molecule has 3 rings (SSSR count). The Morgan fingerprint density at radius 1 is 1.18 bits per heavy atom. The van der Waals surface area contributed by atoms with E-state index in [2.05, 4.69) is 12.1 Å². The molecular formula is C15H18O2. The van der Waals surface area contributed by atoms with Gasteiger partial charge in [-0.1, -0.05) is 43.2 Å². The Balaban J connectivity index is 1.81. The van der Waals surface area contributed by atoms with Crippen molar-refractivity contribution in [3.05, 3.63) is 35.9 Å². The van der Waals surface area contributed by atoms with E-state index in [0.29, 0.717) is 11.8 Å². The van der Waals surface area contributed by atoms with E-state index in [1.807, 2.05) is 18.2 Å². The largest absolute Gasteiger partial charge is 0.481 e. The van der Waals surface area contributed by atoms with Crippen LogP contribution in [0.4, 0.5) is 0 Å². The second-order valence-electron chi connectivity index (χ2n) is 5.53. The van der Waals surface area contributed by atoms with Gasteiger partial charge in [0.1, 0.15) is 0 Å². The molecule has 2 atom stereocenters. The predicted molar refractivity (Wildman–Crippen MR) is 65.8 cm³/mol. The lowest BCUT2D eigenvalue weighted by atomic mass is 9.79. The molecule has 2 heteroatoms. The van der Waals surface area contributed by atoms with Crippen molar-refractivity contribution in [1.29, 1.82) is 0 Å². The number of carbonyl (C=O) groups is 1. The molecule has 0 aromatic heterocycles. The van der Waals surface area contributed by atoms with Crippen molar-refractivity contribution < 1.29 is 9.90 Å². The molecule has 2 nitrogen and oxygen atoms in total. The summed E-state index contributed by atoms with van der Waals surface area (Å²) in [6.07, 6.45) is 5.01. The maximum atomic E-state index is 11.6. The van der Waals surface area contributed by atoms with Gasteiger partial charge < -0.3 is 5.11 Å². The van der Waals surface area contributed by atoms with Crippen LogP contribution in [0.1, 0.15) is 43.6 Å². The minimum Gasteiger partial charge on any atom is -0.481 e. The SMILES string of the molecule is O=C(O)C1(C2CC2c2ccccc2)CCCC1. The topological polar surface area (TPSA) is 37.3 Å². The summed E-state index contributed by atoms with van der Waals surface area (Å²) in [5.41, 5.74) is 0.922. The van der Waals surface area contributed by atoms with E-state index in [0.717, 1.165) is 32.1 Å². The Labute approximate surface area is 102 Å². The Kier molecular flexibility index (Phi) is 2.46. The van der Waals surface area contributed by atoms with E-state index >= 15 is 0 Å². The van der Waals surface area contributed by atoms with Gasteiger partial charge in [-0.2, -0.15) is 0 Å². The third-order valence-corrected chi connectivity index (χ3v) is 4.65. The van der Waals surface area contributed by atoms with E-state index in [1.54, 1.807) is 0 Å². The zero-order valence-corrected chi connectivity index (χ0v) is 9.93. The van der Waals surface area contributed by atoms with Crippen LogP contribution in [0, 0.1) is 11.3 Å². The van der Waals surface area contributed by atoms with Gasteiger partial charge in [0, 0.05) is 0 Å². The molecule has 1 aromatic rings. The molecule has 1 N–H and O–H groups in total. The van der Waals surface area contributed by atoms with Gasteiger partial charge in [-0.05, 0) is 36.7 Å². The average Bonchev–Trinajstić information content (AvgIpc) is 3.00. The highest BCUT2D eigenvalue weighted by Crippen LogP contribution is 2.62. The van der Waals surface area contributed by atoms with E-state index in [-0.39, 0.29) is 0 Å². The van der Waals surface area contributed by atoms with Gasteiger partial charge in [-0.3, -0.25) is 4.79 Å². The summed E-state index contributed by atoms with van der Waals surface area (Å²) >= 11 is 0. The first-order valence-electron chi connectivity index (χ1n) is 6.52. The standard InChI is InChI=1S/C15H18O2/c16-14(17)15(8-4-5-9-15)13-10-12(13)11-6-2-1-3-7-11/h1-3,6-7,12-13H,4-5,8-10H2,(H,16,17). The number of carboxylic acid groups (broad SMARTS) is 1. The normalized spacial score (nSPS) is 30.1. The van der Waals surface area contributed by atoms with Gasteiger partial charge >= 0.3 is 5.97 Å². The van der Waals surface area contributed by atoms with Gasteiger partial charge in [0.25, 0.3) is 0 Å². The molecule has 2 unspecified atom stereocenters. The minimum atomic E-state index is -0.557. The summed E-state index contributed by atoms with van der Waals surface area (Å²) < 4.78 is 0. The van der Waals surface area contributed by atoms with Crippen molar-refractivity contribution in [2.75, 3.05) is 0 Å². The maximum absolute atomic E-state index is 11.6. The molecule has 0 saturated heterocycles. The van der Waals surface area contributed by atoms with E-state index in [9.17, 15) is 9.90 Å². The quantitative estimate of drug-likeness (QED) is 0.863. The van der Waals surface area contributed by atoms with Crippen molar-refractivity contribution in [1.82, 2.24) is 0 Å². The Hall–Kier alpha value is -1.31. The molecule has 0 aliphatic heterocycles. The summed E-state index contributed by atoms with van der Waals surface area (Å²) in [7, 11) is 0. The summed E-state index contributed by atoms with van der Waals surface area (Å²) in [4.78, 5) is 11.6. The van der Waals surface area contributed by atoms with Crippen LogP contribution in [0.15, 0.2) is 30.3 Å². The van der Waals surface area contributed by atoms with Gasteiger partial charge in [0.15, 0.2) is 0 Å². The van der Waals surface area contributed by atoms with Crippen LogP contribution in [0.25, 0.3) is 0 Å². The molecule has 0 bridgehead atoms. The monoisotopic (exact) mass is 230 g/mol. The summed E-state index contributed by atoms with van der Waals surface area (Å²) in [6.45, 7) is 0. The van der Waals surface area contributed by atoms with Crippen molar-refractivity contribution in [3.63, 3.8) is 0 Å². The maximum Gasteiger partial charge on any atom is 0.309 e. The number of benzene rings is 1. The molecule has 2 aliphatic rings. The third-order valence-electron chi connectivity index (χ3n) is 4.65. The molecule has 2 saturated carbocycles. The molecule has 0 radical (unpaired) electrons. The van der Waals surface area contributed by atoms with Gasteiger partial charge in [0.05, 0.1) is 5.41 Å². The summed E-state index contributed by atoms with van der Waals surface area (Å²) in [6, 6.07) is 10.4. The first-order chi connectivity index (χ1) is 8.24. The fourth-order valence-corrected chi connectivity index (χ4v) is 3.62. The van der Waals surface area contributed by atoms with Crippen molar-refractivity contribution in [2.24, 2.45) is 11.3 Å². The molecule has 2 fully saturated rings. The lowest BCUT2D eigenvalue weighted by molar-refractivity contribution is -0.150. The second-order valence-corrected chi connectivity index (χ2v) is 5.53. The average molecular weight is 230 g/mol. The molecule has 2 aliphatic carbocycles. The minimum absolute atomic E-state index is 0.380. The molecule has 1 aromatic carbocycles. The van der Waals surface area contributed by atoms with E-state index in [4.69, 9.17) is 0 Å². The number of hydrogen-bond donors (Lipinski definition) is 1. The van der Waals surface area contributed by atoms with Gasteiger partial charge in [-0.15, -0.1) is 0 Å². The number of rotatable bonds is 3. The second kappa shape index (κ2) is 3.86. The van der Waals surface area contributed by atoms with Crippen LogP contribution < -0.4 is 0 Å². The Morgan fingerprint density at radius 3 is 2.41 bits per heavy atom. The highest BCUT2D eigenvalue weighted by molar-refractivity contribution is 5.76. The number of aliphatic carboxylic acids is 1. The fraction of sp³-hybridized carbons (Fsp3) is 0.533. The van der Waals surface area contributed by atoms with E-state index < -0.39 is 11.4 Å². The summed E-state index contributed by atoms with van der Waals surface area (Å²) in [5.74, 6) is 0.314. The molecular weight excluding hydrogens is 212 g/mol. The van der Waals surface area contributed by atoms with Crippen molar-refractivity contribution in [2.45, 2.75) is 38.0 Å². The van der Waals surface area contributed by atoms with Crippen LogP contribution in [0.5, 0.6) is 0 Å². The molecule has 0 spiro atoms. The van der Waals surface area contributed by atoms with Crippen LogP contribution in [0.3, 0.4) is 0 Å². The lowest BCUT2D eigenvalue weighted by Gasteiger charge is -2.24. The Morgan fingerprint density at radius 2 is 1.82 bits per heavy atom. The zero-order valence-electron chi connectivity index (χ0n) is 9.93. The fourth-order valence-electron chi connectivity index (χ4n) is 3.62. The van der Waals surface area contributed by atoms with Gasteiger partial charge in [0.2, 0.25) is 0 Å². The zero-order chi connectivity index (χ0) is 11.9. The highest BCUT2D eigenvalue weighted by atomic mass is 16.4. The lowest BCUT2D eigenvalue weighted by Crippen LogP contribution is -2.30. The first-order valence-corrected chi connectivity index (χ1v) is 6.52. The van der Waals surface area contributed by atoms with Crippen molar-refractivity contribution >= 4 is 5.97 Å². The van der Waals surface area contributed by atoms with E-state index in [1.165, 1.54) is 5.56 Å². The smallest absolute Gasteiger partial charge is 0.309 e. The summed E-state index contributed by atoms with van der Waals surface area (Å²) in [5, 5.41) is 9.54. The van der Waals surface area contributed by atoms with Crippen LogP contribution >= 0.6 is 0 Å². The third kappa shape index (κ3) is 1.67. The highest BCUT2D eigenvalue weighted by Gasteiger charge is 2.58. The number of hydrogen-bond acceptors (Lipinski definition) is 1. The molecule has 17 heavy (non-hydrogen) atoms. The van der Waals surface area contributed by atoms with Crippen LogP contribution in [0.2, 0.25) is 0 Å². The van der Waals surface area contributed by atoms with Crippen LogP contribution in [-0.2, 0) is 4.79 Å². The van der Waals surface area contributed by atoms with Crippen LogP contribution in [-0.4, -0.2) is 11.1 Å². The predicted octanol–water partition coefficient (Wildman–Crippen LogP) is 3.44. The molecule has 0 heterocycles.